The van der Waals surface area contributed by atoms with Crippen LogP contribution in [0.2, 0.25) is 0 Å². The molecule has 19 heavy (non-hydrogen) atoms. The van der Waals surface area contributed by atoms with Gasteiger partial charge in [-0.1, -0.05) is 25.3 Å². The highest BCUT2D eigenvalue weighted by Crippen LogP contribution is 2.38. The molecule has 0 unspecified atom stereocenters. The summed E-state index contributed by atoms with van der Waals surface area (Å²) in [5, 5.41) is 12.3. The van der Waals surface area contributed by atoms with Gasteiger partial charge in [0.2, 0.25) is 5.91 Å². The zero-order valence-electron chi connectivity index (χ0n) is 10.4. The summed E-state index contributed by atoms with van der Waals surface area (Å²) in [6.45, 7) is 0. The highest BCUT2D eigenvalue weighted by atomic mass is 79.9. The Morgan fingerprint density at radius 3 is 2.32 bits per heavy atom. The predicted molar refractivity (Wildman–Crippen MR) is 81.6 cm³/mol. The molecular formula is C14H14Br2N2O. The summed E-state index contributed by atoms with van der Waals surface area (Å²) in [6, 6.07) is 7.84. The molecule has 0 aromatic heterocycles. The summed E-state index contributed by atoms with van der Waals surface area (Å²) in [5.41, 5.74) is -0.180. The number of rotatable bonds is 2. The average Bonchev–Trinajstić information content (AvgIpc) is 2.43. The zero-order chi connectivity index (χ0) is 13.9. The number of benzene rings is 1. The molecule has 2 rings (SSSR count). The number of nitrogens with zero attached hydrogens (tertiary/aromatic N) is 1. The Labute approximate surface area is 129 Å². The Morgan fingerprint density at radius 2 is 1.79 bits per heavy atom. The third kappa shape index (κ3) is 3.01. The van der Waals surface area contributed by atoms with Crippen LogP contribution in [0.15, 0.2) is 27.1 Å². The molecule has 1 N–H and O–H groups in total. The fraction of sp³-hybridized carbons (Fsp3) is 0.429. The Morgan fingerprint density at radius 1 is 1.21 bits per heavy atom. The molecule has 0 aliphatic heterocycles. The van der Waals surface area contributed by atoms with Gasteiger partial charge >= 0.3 is 0 Å². The van der Waals surface area contributed by atoms with Crippen LogP contribution in [0.1, 0.15) is 32.1 Å². The SMILES string of the molecule is N#CC1(C(=O)Nc2c(Br)cccc2Br)CCCCC1. The second-order valence-electron chi connectivity index (χ2n) is 4.81. The minimum absolute atomic E-state index is 0.192. The molecule has 1 amide bonds. The topological polar surface area (TPSA) is 52.9 Å². The first-order valence-electron chi connectivity index (χ1n) is 6.26. The second kappa shape index (κ2) is 6.06. The number of halogens is 2. The fourth-order valence-electron chi connectivity index (χ4n) is 2.40. The number of carbonyl (C=O) groups is 1. The minimum Gasteiger partial charge on any atom is -0.323 e. The van der Waals surface area contributed by atoms with E-state index in [4.69, 9.17) is 0 Å². The summed E-state index contributed by atoms with van der Waals surface area (Å²) in [4.78, 5) is 12.4. The third-order valence-electron chi connectivity index (χ3n) is 3.56. The number of hydrogen-bond acceptors (Lipinski definition) is 2. The number of nitriles is 1. The van der Waals surface area contributed by atoms with Gasteiger partial charge in [0.25, 0.3) is 0 Å². The van der Waals surface area contributed by atoms with E-state index >= 15 is 0 Å². The maximum Gasteiger partial charge on any atom is 0.244 e. The highest BCUT2D eigenvalue weighted by molar-refractivity contribution is 9.11. The van der Waals surface area contributed by atoms with Crippen molar-refractivity contribution >= 4 is 43.5 Å². The van der Waals surface area contributed by atoms with Crippen LogP contribution in [0.25, 0.3) is 0 Å². The van der Waals surface area contributed by atoms with Crippen LogP contribution in [-0.2, 0) is 4.79 Å². The van der Waals surface area contributed by atoms with E-state index < -0.39 is 5.41 Å². The van der Waals surface area contributed by atoms with Crippen molar-refractivity contribution in [3.63, 3.8) is 0 Å². The lowest BCUT2D eigenvalue weighted by Crippen LogP contribution is -2.36. The van der Waals surface area contributed by atoms with Gasteiger partial charge in [-0.2, -0.15) is 5.26 Å². The maximum absolute atomic E-state index is 12.4. The number of amides is 1. The molecule has 0 radical (unpaired) electrons. The van der Waals surface area contributed by atoms with Gasteiger partial charge in [0, 0.05) is 8.95 Å². The monoisotopic (exact) mass is 384 g/mol. The Bertz CT molecular complexity index is 510. The van der Waals surface area contributed by atoms with E-state index in [0.717, 1.165) is 28.2 Å². The van der Waals surface area contributed by atoms with E-state index in [-0.39, 0.29) is 5.91 Å². The molecule has 100 valence electrons. The molecule has 0 spiro atoms. The lowest BCUT2D eigenvalue weighted by atomic mass is 9.74. The van der Waals surface area contributed by atoms with Gasteiger partial charge in [-0.3, -0.25) is 4.79 Å². The van der Waals surface area contributed by atoms with E-state index in [1.165, 1.54) is 0 Å². The van der Waals surface area contributed by atoms with Gasteiger partial charge in [0.1, 0.15) is 5.41 Å². The van der Waals surface area contributed by atoms with Crippen LogP contribution < -0.4 is 5.32 Å². The molecule has 0 bridgehead atoms. The molecule has 1 aromatic carbocycles. The molecule has 1 aromatic rings. The van der Waals surface area contributed by atoms with Crippen molar-refractivity contribution in [3.8, 4) is 6.07 Å². The lowest BCUT2D eigenvalue weighted by Gasteiger charge is -2.29. The largest absolute Gasteiger partial charge is 0.323 e. The van der Waals surface area contributed by atoms with Gasteiger partial charge in [-0.15, -0.1) is 0 Å². The standard InChI is InChI=1S/C14H14Br2N2O/c15-10-5-4-6-11(16)12(10)18-13(19)14(9-17)7-2-1-3-8-14/h4-6H,1-3,7-8H2,(H,18,19). The molecular weight excluding hydrogens is 372 g/mol. The van der Waals surface area contributed by atoms with Crippen LogP contribution >= 0.6 is 31.9 Å². The van der Waals surface area contributed by atoms with Gasteiger partial charge in [-0.25, -0.2) is 0 Å². The van der Waals surface area contributed by atoms with Crippen LogP contribution in [0.5, 0.6) is 0 Å². The highest BCUT2D eigenvalue weighted by Gasteiger charge is 2.40. The number of para-hydroxylation sites is 1. The lowest BCUT2D eigenvalue weighted by molar-refractivity contribution is -0.124. The van der Waals surface area contributed by atoms with Crippen molar-refractivity contribution < 1.29 is 4.79 Å². The van der Waals surface area contributed by atoms with Crippen molar-refractivity contribution in [2.75, 3.05) is 5.32 Å². The summed E-state index contributed by atoms with van der Waals surface area (Å²) >= 11 is 6.82. The summed E-state index contributed by atoms with van der Waals surface area (Å²) < 4.78 is 1.61. The van der Waals surface area contributed by atoms with Crippen LogP contribution in [0.3, 0.4) is 0 Å². The molecule has 3 nitrogen and oxygen atoms in total. The van der Waals surface area contributed by atoms with Crippen LogP contribution in [0, 0.1) is 16.7 Å². The number of carbonyl (C=O) groups excluding carboxylic acids is 1. The van der Waals surface area contributed by atoms with Gasteiger partial charge < -0.3 is 5.32 Å². The summed E-state index contributed by atoms with van der Waals surface area (Å²) in [6.07, 6.45) is 4.29. The zero-order valence-corrected chi connectivity index (χ0v) is 13.6. The maximum atomic E-state index is 12.4. The Hall–Kier alpha value is -0.860. The number of anilines is 1. The van der Waals surface area contributed by atoms with E-state index in [9.17, 15) is 10.1 Å². The van der Waals surface area contributed by atoms with Crippen molar-refractivity contribution in [3.05, 3.63) is 27.1 Å². The van der Waals surface area contributed by atoms with E-state index in [0.29, 0.717) is 18.5 Å². The van der Waals surface area contributed by atoms with Crippen LogP contribution in [-0.4, -0.2) is 5.91 Å². The average molecular weight is 386 g/mol. The second-order valence-corrected chi connectivity index (χ2v) is 6.51. The van der Waals surface area contributed by atoms with E-state index in [1.54, 1.807) is 0 Å². The van der Waals surface area contributed by atoms with Crippen LogP contribution in [0.4, 0.5) is 5.69 Å². The Balaban J connectivity index is 2.23. The smallest absolute Gasteiger partial charge is 0.244 e. The normalized spacial score (nSPS) is 17.5. The molecule has 5 heteroatoms. The minimum atomic E-state index is -0.868. The molecule has 0 heterocycles. The van der Waals surface area contributed by atoms with Gasteiger partial charge in [-0.05, 0) is 56.8 Å². The molecule has 1 aliphatic carbocycles. The number of hydrogen-bond donors (Lipinski definition) is 1. The van der Waals surface area contributed by atoms with Crippen molar-refractivity contribution in [2.24, 2.45) is 5.41 Å². The first-order valence-corrected chi connectivity index (χ1v) is 7.84. The van der Waals surface area contributed by atoms with Crippen molar-refractivity contribution in [1.82, 2.24) is 0 Å². The molecule has 0 saturated heterocycles. The molecule has 0 atom stereocenters. The predicted octanol–water partition coefficient (Wildman–Crippen LogP) is 4.62. The first-order chi connectivity index (χ1) is 9.09. The quantitative estimate of drug-likeness (QED) is 0.807. The first kappa shape index (κ1) is 14.5. The summed E-state index contributed by atoms with van der Waals surface area (Å²) in [7, 11) is 0. The summed E-state index contributed by atoms with van der Waals surface area (Å²) in [5.74, 6) is -0.192. The fourth-order valence-corrected chi connectivity index (χ4v) is 3.59. The molecule has 1 aliphatic rings. The van der Waals surface area contributed by atoms with Crippen molar-refractivity contribution in [1.29, 1.82) is 5.26 Å². The number of nitrogens with one attached hydrogen (secondary N) is 1. The van der Waals surface area contributed by atoms with E-state index in [2.05, 4.69) is 43.2 Å². The van der Waals surface area contributed by atoms with E-state index in [1.807, 2.05) is 18.2 Å². The Kier molecular flexibility index (Phi) is 4.64. The molecule has 1 fully saturated rings. The van der Waals surface area contributed by atoms with Crippen molar-refractivity contribution in [2.45, 2.75) is 32.1 Å². The van der Waals surface area contributed by atoms with Gasteiger partial charge in [0.05, 0.1) is 11.8 Å². The third-order valence-corrected chi connectivity index (χ3v) is 4.88. The van der Waals surface area contributed by atoms with Gasteiger partial charge in [0.15, 0.2) is 0 Å². The molecule has 1 saturated carbocycles.